The maximum Gasteiger partial charge on any atom is 0.272 e. The van der Waals surface area contributed by atoms with E-state index < -0.39 is 5.91 Å². The van der Waals surface area contributed by atoms with Crippen LogP contribution in [0.1, 0.15) is 21.5 Å². The molecule has 0 aliphatic carbocycles. The summed E-state index contributed by atoms with van der Waals surface area (Å²) in [7, 11) is 0. The molecule has 0 unspecified atom stereocenters. The van der Waals surface area contributed by atoms with Crippen LogP contribution in [-0.4, -0.2) is 21.6 Å². The molecule has 0 radical (unpaired) electrons. The van der Waals surface area contributed by atoms with Crippen molar-refractivity contribution in [2.24, 2.45) is 0 Å². The summed E-state index contributed by atoms with van der Waals surface area (Å²) in [5, 5.41) is 6.31. The molecule has 0 saturated carbocycles. The van der Waals surface area contributed by atoms with Crippen LogP contribution in [0.5, 0.6) is 0 Å². The number of rotatable bonds is 5. The zero-order valence-corrected chi connectivity index (χ0v) is 15.7. The third kappa shape index (κ3) is 4.50. The molecule has 1 heterocycles. The Kier molecular flexibility index (Phi) is 5.33. The Morgan fingerprint density at radius 3 is 2.48 bits per heavy atom. The second-order valence-corrected chi connectivity index (χ2v) is 6.73. The van der Waals surface area contributed by atoms with E-state index in [-0.39, 0.29) is 12.3 Å². The van der Waals surface area contributed by atoms with E-state index in [0.29, 0.717) is 12.1 Å². The van der Waals surface area contributed by atoms with Crippen LogP contribution in [0.2, 0.25) is 0 Å². The standard InChI is InChI=1S/C23H20N4O2/c28-22(13-19-11-6-10-18-9-4-5-12-21(18)19)25-26-23(29)20-14-24-27(16-20)15-17-7-2-1-3-8-17/h1-12,14,16H,13,15H2,(H,25,28)(H,26,29). The van der Waals surface area contributed by atoms with Gasteiger partial charge in [0.2, 0.25) is 5.91 Å². The maximum atomic E-state index is 12.3. The van der Waals surface area contributed by atoms with E-state index in [1.807, 2.05) is 72.8 Å². The highest BCUT2D eigenvalue weighted by Gasteiger charge is 2.11. The molecule has 1 aromatic heterocycles. The number of aromatic nitrogens is 2. The minimum atomic E-state index is -0.407. The summed E-state index contributed by atoms with van der Waals surface area (Å²) in [4.78, 5) is 24.6. The molecule has 0 fully saturated rings. The van der Waals surface area contributed by atoms with Crippen molar-refractivity contribution in [2.75, 3.05) is 0 Å². The summed E-state index contributed by atoms with van der Waals surface area (Å²) in [5.41, 5.74) is 7.31. The lowest BCUT2D eigenvalue weighted by molar-refractivity contribution is -0.121. The molecule has 2 N–H and O–H groups in total. The van der Waals surface area contributed by atoms with Gasteiger partial charge in [0, 0.05) is 6.20 Å². The summed E-state index contributed by atoms with van der Waals surface area (Å²) in [5.74, 6) is -0.693. The van der Waals surface area contributed by atoms with Crippen LogP contribution in [0.15, 0.2) is 85.2 Å². The predicted octanol–water partition coefficient (Wildman–Crippen LogP) is 3.09. The predicted molar refractivity (Wildman–Crippen MR) is 111 cm³/mol. The Morgan fingerprint density at radius 1 is 0.862 bits per heavy atom. The van der Waals surface area contributed by atoms with E-state index in [2.05, 4.69) is 16.0 Å². The summed E-state index contributed by atoms with van der Waals surface area (Å²) in [6.07, 6.45) is 3.31. The Labute approximate surface area is 168 Å². The molecule has 2 amide bonds. The van der Waals surface area contributed by atoms with Crippen LogP contribution < -0.4 is 10.9 Å². The number of benzene rings is 3. The molecular weight excluding hydrogens is 364 g/mol. The molecule has 4 rings (SSSR count). The summed E-state index contributed by atoms with van der Waals surface area (Å²) >= 11 is 0. The molecule has 3 aromatic carbocycles. The third-order valence-electron chi connectivity index (χ3n) is 4.63. The summed E-state index contributed by atoms with van der Waals surface area (Å²) in [6.45, 7) is 0.571. The fourth-order valence-corrected chi connectivity index (χ4v) is 3.20. The number of fused-ring (bicyclic) bond motifs is 1. The minimum absolute atomic E-state index is 0.175. The molecule has 6 heteroatoms. The van der Waals surface area contributed by atoms with Gasteiger partial charge in [-0.25, -0.2) is 0 Å². The lowest BCUT2D eigenvalue weighted by Gasteiger charge is -2.08. The lowest BCUT2D eigenvalue weighted by atomic mass is 10.0. The van der Waals surface area contributed by atoms with Crippen LogP contribution in [0, 0.1) is 0 Å². The van der Waals surface area contributed by atoms with E-state index >= 15 is 0 Å². The van der Waals surface area contributed by atoms with Gasteiger partial charge in [0.1, 0.15) is 0 Å². The van der Waals surface area contributed by atoms with Crippen LogP contribution in [0.4, 0.5) is 0 Å². The van der Waals surface area contributed by atoms with Gasteiger partial charge in [-0.15, -0.1) is 0 Å². The van der Waals surface area contributed by atoms with Gasteiger partial charge in [0.05, 0.1) is 24.7 Å². The van der Waals surface area contributed by atoms with Crippen molar-refractivity contribution in [3.05, 3.63) is 102 Å². The average molecular weight is 384 g/mol. The fourth-order valence-electron chi connectivity index (χ4n) is 3.20. The van der Waals surface area contributed by atoms with E-state index in [0.717, 1.165) is 21.9 Å². The highest BCUT2D eigenvalue weighted by molar-refractivity contribution is 5.95. The first kappa shape index (κ1) is 18.4. The van der Waals surface area contributed by atoms with Gasteiger partial charge in [-0.3, -0.25) is 25.1 Å². The number of carbonyl (C=O) groups excluding carboxylic acids is 2. The van der Waals surface area contributed by atoms with Gasteiger partial charge >= 0.3 is 0 Å². The van der Waals surface area contributed by atoms with E-state index in [1.165, 1.54) is 6.20 Å². The van der Waals surface area contributed by atoms with Gasteiger partial charge in [-0.05, 0) is 21.9 Å². The van der Waals surface area contributed by atoms with E-state index in [4.69, 9.17) is 0 Å². The van der Waals surface area contributed by atoms with Crippen LogP contribution in [0.3, 0.4) is 0 Å². The number of nitrogens with zero attached hydrogens (tertiary/aromatic N) is 2. The Morgan fingerprint density at radius 2 is 1.62 bits per heavy atom. The van der Waals surface area contributed by atoms with Crippen molar-refractivity contribution < 1.29 is 9.59 Å². The largest absolute Gasteiger partial charge is 0.273 e. The van der Waals surface area contributed by atoms with Crippen molar-refractivity contribution >= 4 is 22.6 Å². The van der Waals surface area contributed by atoms with Gasteiger partial charge in [0.25, 0.3) is 5.91 Å². The molecular formula is C23H20N4O2. The number of hydrogen-bond donors (Lipinski definition) is 2. The molecule has 144 valence electrons. The number of amides is 2. The molecule has 0 aliphatic heterocycles. The van der Waals surface area contributed by atoms with Crippen molar-refractivity contribution in [1.29, 1.82) is 0 Å². The topological polar surface area (TPSA) is 76.0 Å². The molecule has 0 saturated heterocycles. The second kappa shape index (κ2) is 8.39. The van der Waals surface area contributed by atoms with Crippen molar-refractivity contribution in [3.8, 4) is 0 Å². The zero-order chi connectivity index (χ0) is 20.1. The third-order valence-corrected chi connectivity index (χ3v) is 4.63. The number of nitrogens with one attached hydrogen (secondary N) is 2. The summed E-state index contributed by atoms with van der Waals surface area (Å²) < 4.78 is 1.68. The smallest absolute Gasteiger partial charge is 0.272 e. The van der Waals surface area contributed by atoms with Crippen molar-refractivity contribution in [3.63, 3.8) is 0 Å². The Hall–Kier alpha value is -3.93. The maximum absolute atomic E-state index is 12.3. The van der Waals surface area contributed by atoms with Gasteiger partial charge in [-0.1, -0.05) is 72.8 Å². The second-order valence-electron chi connectivity index (χ2n) is 6.73. The molecule has 0 bridgehead atoms. The monoisotopic (exact) mass is 384 g/mol. The van der Waals surface area contributed by atoms with E-state index in [9.17, 15) is 9.59 Å². The molecule has 0 aliphatic rings. The minimum Gasteiger partial charge on any atom is -0.273 e. The van der Waals surface area contributed by atoms with Crippen LogP contribution in [0.25, 0.3) is 10.8 Å². The SMILES string of the molecule is O=C(Cc1cccc2ccccc12)NNC(=O)c1cnn(Cc2ccccc2)c1. The van der Waals surface area contributed by atoms with Crippen LogP contribution in [-0.2, 0) is 17.8 Å². The fraction of sp³-hybridized carbons (Fsp3) is 0.0870. The van der Waals surface area contributed by atoms with Crippen molar-refractivity contribution in [1.82, 2.24) is 20.6 Å². The first-order valence-corrected chi connectivity index (χ1v) is 9.31. The Balaban J connectivity index is 1.34. The van der Waals surface area contributed by atoms with Gasteiger partial charge in [0.15, 0.2) is 0 Å². The molecule has 0 atom stereocenters. The number of hydrogen-bond acceptors (Lipinski definition) is 3. The number of hydrazine groups is 1. The van der Waals surface area contributed by atoms with Gasteiger partial charge in [-0.2, -0.15) is 5.10 Å². The first-order valence-electron chi connectivity index (χ1n) is 9.31. The van der Waals surface area contributed by atoms with E-state index in [1.54, 1.807) is 10.9 Å². The summed E-state index contributed by atoms with van der Waals surface area (Å²) in [6, 6.07) is 23.6. The van der Waals surface area contributed by atoms with Gasteiger partial charge < -0.3 is 0 Å². The normalized spacial score (nSPS) is 10.6. The van der Waals surface area contributed by atoms with Crippen molar-refractivity contribution in [2.45, 2.75) is 13.0 Å². The molecule has 4 aromatic rings. The lowest BCUT2D eigenvalue weighted by Crippen LogP contribution is -2.42. The highest BCUT2D eigenvalue weighted by Crippen LogP contribution is 2.18. The Bertz CT molecular complexity index is 1150. The highest BCUT2D eigenvalue weighted by atomic mass is 16.2. The molecule has 0 spiro atoms. The number of carbonyl (C=O) groups is 2. The zero-order valence-electron chi connectivity index (χ0n) is 15.7. The average Bonchev–Trinajstić information content (AvgIpc) is 3.22. The first-order chi connectivity index (χ1) is 14.2. The quantitative estimate of drug-likeness (QED) is 0.519. The molecule has 29 heavy (non-hydrogen) atoms. The molecule has 6 nitrogen and oxygen atoms in total. The van der Waals surface area contributed by atoms with Crippen LogP contribution >= 0.6 is 0 Å².